The second-order valence-electron chi connectivity index (χ2n) is 8.27. The van der Waals surface area contributed by atoms with Gasteiger partial charge in [0.15, 0.2) is 0 Å². The molecule has 170 valence electrons. The Balaban J connectivity index is 1.50. The SMILES string of the molecule is NC(=O)c1ccc(-c2cnc(N)nc2[C@H]2CCCN(C(=O)CCc3ccc(F)cc3)C2)cc1. The molecule has 3 aromatic rings. The fourth-order valence-corrected chi connectivity index (χ4v) is 4.24. The van der Waals surface area contributed by atoms with Crippen LogP contribution < -0.4 is 11.5 Å². The molecule has 2 amide bonds. The lowest BCUT2D eigenvalue weighted by Crippen LogP contribution is -2.39. The number of nitrogens with zero attached hydrogens (tertiary/aromatic N) is 3. The number of likely N-dealkylation sites (tertiary alicyclic amines) is 1. The molecule has 4 rings (SSSR count). The number of anilines is 1. The average Bonchev–Trinajstić information content (AvgIpc) is 2.83. The number of carbonyl (C=O) groups excluding carboxylic acids is 2. The van der Waals surface area contributed by atoms with E-state index in [9.17, 15) is 14.0 Å². The van der Waals surface area contributed by atoms with Crippen LogP contribution in [-0.2, 0) is 11.2 Å². The molecule has 0 saturated carbocycles. The molecule has 8 heteroatoms. The number of nitrogens with two attached hydrogens (primary N) is 2. The van der Waals surface area contributed by atoms with Crippen LogP contribution >= 0.6 is 0 Å². The summed E-state index contributed by atoms with van der Waals surface area (Å²) in [6.07, 6.45) is 4.36. The number of halogens is 1. The standard InChI is InChI=1S/C25H26FN5O2/c26-20-10-3-16(4-11-20)5-12-22(32)31-13-1-2-19(15-31)23-21(14-29-25(28)30-23)17-6-8-18(9-7-17)24(27)33/h3-4,6-11,14,19H,1-2,5,12-13,15H2,(H2,27,33)(H2,28,29,30)/t19-/m0/s1. The minimum atomic E-state index is -0.489. The van der Waals surface area contributed by atoms with Crippen molar-refractivity contribution in [2.75, 3.05) is 18.8 Å². The Kier molecular flexibility index (Phi) is 6.63. The summed E-state index contributed by atoms with van der Waals surface area (Å²) < 4.78 is 13.1. The maximum atomic E-state index is 13.1. The fraction of sp³-hybridized carbons (Fsp3) is 0.280. The number of benzene rings is 2. The number of primary amides is 1. The second-order valence-corrected chi connectivity index (χ2v) is 8.27. The van der Waals surface area contributed by atoms with E-state index in [1.165, 1.54) is 12.1 Å². The fourth-order valence-electron chi connectivity index (χ4n) is 4.24. The zero-order chi connectivity index (χ0) is 23.4. The van der Waals surface area contributed by atoms with Crippen molar-refractivity contribution >= 4 is 17.8 Å². The van der Waals surface area contributed by atoms with Gasteiger partial charge in [0, 0.05) is 42.8 Å². The van der Waals surface area contributed by atoms with Crippen LogP contribution in [-0.4, -0.2) is 39.8 Å². The minimum absolute atomic E-state index is 0.0182. The molecule has 0 aliphatic carbocycles. The van der Waals surface area contributed by atoms with Gasteiger partial charge in [-0.2, -0.15) is 0 Å². The zero-order valence-corrected chi connectivity index (χ0v) is 18.2. The third-order valence-electron chi connectivity index (χ3n) is 6.02. The van der Waals surface area contributed by atoms with Gasteiger partial charge in [-0.25, -0.2) is 14.4 Å². The van der Waals surface area contributed by atoms with Gasteiger partial charge in [0.2, 0.25) is 17.8 Å². The first-order chi connectivity index (χ1) is 15.9. The summed E-state index contributed by atoms with van der Waals surface area (Å²) in [6, 6.07) is 13.2. The van der Waals surface area contributed by atoms with E-state index >= 15 is 0 Å². The van der Waals surface area contributed by atoms with Gasteiger partial charge in [-0.3, -0.25) is 9.59 Å². The molecule has 1 aliphatic rings. The minimum Gasteiger partial charge on any atom is -0.368 e. The molecule has 1 fully saturated rings. The Labute approximate surface area is 191 Å². The van der Waals surface area contributed by atoms with Crippen molar-refractivity contribution in [1.29, 1.82) is 0 Å². The summed E-state index contributed by atoms with van der Waals surface area (Å²) in [5.41, 5.74) is 15.1. The molecule has 1 atom stereocenters. The van der Waals surface area contributed by atoms with Crippen molar-refractivity contribution < 1.29 is 14.0 Å². The van der Waals surface area contributed by atoms with Gasteiger partial charge in [-0.15, -0.1) is 0 Å². The first-order valence-electron chi connectivity index (χ1n) is 11.0. The zero-order valence-electron chi connectivity index (χ0n) is 18.2. The Bertz CT molecular complexity index is 1150. The van der Waals surface area contributed by atoms with E-state index in [1.807, 2.05) is 17.0 Å². The number of carbonyl (C=O) groups is 2. The van der Waals surface area contributed by atoms with Crippen molar-refractivity contribution in [3.8, 4) is 11.1 Å². The third kappa shape index (κ3) is 5.34. The van der Waals surface area contributed by atoms with Crippen LogP contribution in [0.1, 0.15) is 46.8 Å². The van der Waals surface area contributed by atoms with Gasteiger partial charge in [-0.1, -0.05) is 24.3 Å². The largest absolute Gasteiger partial charge is 0.368 e. The summed E-state index contributed by atoms with van der Waals surface area (Å²) >= 11 is 0. The van der Waals surface area contributed by atoms with Crippen LogP contribution in [0.5, 0.6) is 0 Å². The van der Waals surface area contributed by atoms with E-state index < -0.39 is 5.91 Å². The molecule has 0 unspecified atom stereocenters. The Hall–Kier alpha value is -3.81. The van der Waals surface area contributed by atoms with Gasteiger partial charge < -0.3 is 16.4 Å². The maximum absolute atomic E-state index is 13.1. The maximum Gasteiger partial charge on any atom is 0.248 e. The number of amides is 2. The number of aromatic nitrogens is 2. The van der Waals surface area contributed by atoms with Crippen LogP contribution in [0.3, 0.4) is 0 Å². The molecule has 0 bridgehead atoms. The number of hydrogen-bond donors (Lipinski definition) is 2. The molecule has 1 saturated heterocycles. The van der Waals surface area contributed by atoms with Crippen molar-refractivity contribution in [2.24, 2.45) is 5.73 Å². The highest BCUT2D eigenvalue weighted by Gasteiger charge is 2.28. The third-order valence-corrected chi connectivity index (χ3v) is 6.02. The molecule has 4 N–H and O–H groups in total. The van der Waals surface area contributed by atoms with Gasteiger partial charge in [0.25, 0.3) is 0 Å². The smallest absolute Gasteiger partial charge is 0.248 e. The van der Waals surface area contributed by atoms with Crippen molar-refractivity contribution in [1.82, 2.24) is 14.9 Å². The van der Waals surface area contributed by atoms with Crippen LogP contribution in [0.4, 0.5) is 10.3 Å². The van der Waals surface area contributed by atoms with Crippen LogP contribution in [0.15, 0.2) is 54.7 Å². The molecule has 1 aliphatic heterocycles. The second kappa shape index (κ2) is 9.77. The topological polar surface area (TPSA) is 115 Å². The lowest BCUT2D eigenvalue weighted by atomic mass is 9.89. The molecular weight excluding hydrogens is 421 g/mol. The first-order valence-corrected chi connectivity index (χ1v) is 11.0. The summed E-state index contributed by atoms with van der Waals surface area (Å²) in [5.74, 6) is -0.504. The summed E-state index contributed by atoms with van der Waals surface area (Å²) in [7, 11) is 0. The molecule has 2 heterocycles. The number of rotatable bonds is 6. The predicted molar refractivity (Wildman–Crippen MR) is 124 cm³/mol. The van der Waals surface area contributed by atoms with E-state index in [2.05, 4.69) is 9.97 Å². The van der Waals surface area contributed by atoms with Gasteiger partial charge in [0.05, 0.1) is 5.69 Å². The van der Waals surface area contributed by atoms with Crippen molar-refractivity contribution in [2.45, 2.75) is 31.6 Å². The normalized spacial score (nSPS) is 15.9. The lowest BCUT2D eigenvalue weighted by molar-refractivity contribution is -0.132. The first kappa shape index (κ1) is 22.4. The Morgan fingerprint density at radius 2 is 1.82 bits per heavy atom. The van der Waals surface area contributed by atoms with Crippen LogP contribution in [0, 0.1) is 5.82 Å². The number of piperidine rings is 1. The van der Waals surface area contributed by atoms with E-state index in [1.54, 1.807) is 30.5 Å². The summed E-state index contributed by atoms with van der Waals surface area (Å²) in [5, 5.41) is 0. The van der Waals surface area contributed by atoms with Gasteiger partial charge >= 0.3 is 0 Å². The molecule has 2 aromatic carbocycles. The van der Waals surface area contributed by atoms with Crippen LogP contribution in [0.25, 0.3) is 11.1 Å². The Morgan fingerprint density at radius 1 is 1.09 bits per heavy atom. The van der Waals surface area contributed by atoms with Crippen molar-refractivity contribution in [3.63, 3.8) is 0 Å². The number of hydrogen-bond acceptors (Lipinski definition) is 5. The number of aryl methyl sites for hydroxylation is 1. The van der Waals surface area contributed by atoms with Crippen LogP contribution in [0.2, 0.25) is 0 Å². The van der Waals surface area contributed by atoms with Gasteiger partial charge in [0.1, 0.15) is 5.82 Å². The monoisotopic (exact) mass is 447 g/mol. The van der Waals surface area contributed by atoms with Crippen molar-refractivity contribution in [3.05, 3.63) is 77.4 Å². The predicted octanol–water partition coefficient (Wildman–Crippen LogP) is 3.30. The highest BCUT2D eigenvalue weighted by molar-refractivity contribution is 5.93. The van der Waals surface area contributed by atoms with E-state index in [4.69, 9.17) is 11.5 Å². The average molecular weight is 448 g/mol. The van der Waals surface area contributed by atoms with E-state index in [0.717, 1.165) is 35.2 Å². The molecule has 7 nitrogen and oxygen atoms in total. The molecule has 1 aromatic heterocycles. The molecular formula is C25H26FN5O2. The van der Waals surface area contributed by atoms with E-state index in [-0.39, 0.29) is 23.6 Å². The Morgan fingerprint density at radius 3 is 2.52 bits per heavy atom. The number of nitrogen functional groups attached to an aromatic ring is 1. The highest BCUT2D eigenvalue weighted by Crippen LogP contribution is 2.33. The quantitative estimate of drug-likeness (QED) is 0.602. The molecule has 0 radical (unpaired) electrons. The molecule has 33 heavy (non-hydrogen) atoms. The molecule has 0 spiro atoms. The summed E-state index contributed by atoms with van der Waals surface area (Å²) in [6.45, 7) is 1.24. The van der Waals surface area contributed by atoms with Gasteiger partial charge in [-0.05, 0) is 54.7 Å². The lowest BCUT2D eigenvalue weighted by Gasteiger charge is -2.33. The van der Waals surface area contributed by atoms with E-state index in [0.29, 0.717) is 31.5 Å². The highest BCUT2D eigenvalue weighted by atomic mass is 19.1. The summed E-state index contributed by atoms with van der Waals surface area (Å²) in [4.78, 5) is 34.8.